The van der Waals surface area contributed by atoms with Crippen molar-refractivity contribution in [1.29, 1.82) is 0 Å². The molecule has 5 nitrogen and oxygen atoms in total. The first-order valence-electron chi connectivity index (χ1n) is 5.79. The van der Waals surface area contributed by atoms with Gasteiger partial charge in [-0.15, -0.1) is 11.8 Å². The van der Waals surface area contributed by atoms with E-state index in [0.717, 1.165) is 25.3 Å². The lowest BCUT2D eigenvalue weighted by molar-refractivity contribution is -0.132. The Morgan fingerprint density at radius 2 is 2.47 bits per heavy atom. The summed E-state index contributed by atoms with van der Waals surface area (Å²) in [5, 5.41) is 9.46. The number of aliphatic hydroxyl groups excluding tert-OH is 1. The average molecular weight is 255 g/mol. The van der Waals surface area contributed by atoms with E-state index in [0.29, 0.717) is 13.0 Å². The number of thioether (sulfide) groups is 1. The second kappa shape index (κ2) is 6.07. The van der Waals surface area contributed by atoms with Crippen LogP contribution in [0.25, 0.3) is 0 Å². The molecule has 1 aliphatic heterocycles. The summed E-state index contributed by atoms with van der Waals surface area (Å²) in [4.78, 5) is 17.6. The Labute approximate surface area is 105 Å². The highest BCUT2D eigenvalue weighted by atomic mass is 32.2. The summed E-state index contributed by atoms with van der Waals surface area (Å²) in [5.41, 5.74) is -0.415. The number of nitrogens with zero attached hydrogens (tertiary/aromatic N) is 3. The monoisotopic (exact) mass is 255 g/mol. The van der Waals surface area contributed by atoms with Crippen LogP contribution < -0.4 is 0 Å². The van der Waals surface area contributed by atoms with Crippen LogP contribution in [-0.2, 0) is 11.3 Å². The van der Waals surface area contributed by atoms with Crippen LogP contribution in [0.5, 0.6) is 0 Å². The number of amides is 1. The normalized spacial score (nSPS) is 20.5. The van der Waals surface area contributed by atoms with Crippen molar-refractivity contribution in [3.63, 3.8) is 0 Å². The zero-order valence-electron chi connectivity index (χ0n) is 9.66. The summed E-state index contributed by atoms with van der Waals surface area (Å²) < 4.78 is 1.97. The van der Waals surface area contributed by atoms with Crippen molar-refractivity contribution in [3.8, 4) is 0 Å². The van der Waals surface area contributed by atoms with Crippen LogP contribution in [0.4, 0.5) is 0 Å². The highest BCUT2D eigenvalue weighted by Crippen LogP contribution is 2.16. The first-order chi connectivity index (χ1) is 8.25. The molecule has 0 saturated carbocycles. The fraction of sp³-hybridized carbons (Fsp3) is 0.636. The van der Waals surface area contributed by atoms with Crippen LogP contribution in [0.15, 0.2) is 18.7 Å². The maximum absolute atomic E-state index is 11.9. The first-order valence-corrected chi connectivity index (χ1v) is 6.84. The molecule has 1 aromatic rings. The number of rotatable bonds is 4. The Morgan fingerprint density at radius 1 is 1.59 bits per heavy atom. The Balaban J connectivity index is 1.70. The molecule has 0 bridgehead atoms. The number of hydrogen-bond acceptors (Lipinski definition) is 4. The number of aliphatic hydroxyl groups is 1. The van der Waals surface area contributed by atoms with Crippen molar-refractivity contribution in [1.82, 2.24) is 14.5 Å². The summed E-state index contributed by atoms with van der Waals surface area (Å²) in [7, 11) is 0. The second-order valence-corrected chi connectivity index (χ2v) is 5.35. The van der Waals surface area contributed by atoms with Gasteiger partial charge in [-0.05, 0) is 6.42 Å². The minimum atomic E-state index is -0.415. The number of β-amino-alcohol motifs (C(OH)–C–C–N with tert-alkyl or cyclic N) is 1. The molecule has 2 heterocycles. The molecule has 1 N–H and O–H groups in total. The minimum absolute atomic E-state index is 0.143. The van der Waals surface area contributed by atoms with Crippen LogP contribution in [0.1, 0.15) is 12.8 Å². The van der Waals surface area contributed by atoms with E-state index in [-0.39, 0.29) is 5.91 Å². The van der Waals surface area contributed by atoms with E-state index in [4.69, 9.17) is 0 Å². The summed E-state index contributed by atoms with van der Waals surface area (Å²) in [5.74, 6) is 0.971. The molecule has 0 aliphatic carbocycles. The molecule has 17 heavy (non-hydrogen) atoms. The number of carbonyl (C=O) groups excluding carboxylic acids is 1. The highest BCUT2D eigenvalue weighted by Gasteiger charge is 2.21. The first kappa shape index (κ1) is 12.4. The maximum atomic E-state index is 11.9. The third-order valence-corrected chi connectivity index (χ3v) is 3.72. The largest absolute Gasteiger partial charge is 0.381 e. The van der Waals surface area contributed by atoms with E-state index < -0.39 is 5.44 Å². The van der Waals surface area contributed by atoms with Gasteiger partial charge in [0, 0.05) is 37.7 Å². The minimum Gasteiger partial charge on any atom is -0.381 e. The van der Waals surface area contributed by atoms with Gasteiger partial charge in [0.15, 0.2) is 0 Å². The molecule has 1 amide bonds. The average Bonchev–Trinajstić information content (AvgIpc) is 2.82. The molecular formula is C11H17N3O2S. The second-order valence-electron chi connectivity index (χ2n) is 4.07. The van der Waals surface area contributed by atoms with Crippen LogP contribution in [0.2, 0.25) is 0 Å². The van der Waals surface area contributed by atoms with E-state index >= 15 is 0 Å². The van der Waals surface area contributed by atoms with Gasteiger partial charge in [0.25, 0.3) is 0 Å². The van der Waals surface area contributed by atoms with Crippen LogP contribution in [0, 0.1) is 0 Å². The topological polar surface area (TPSA) is 58.4 Å². The lowest BCUT2D eigenvalue weighted by Gasteiger charge is -2.29. The number of imidazole rings is 1. The lowest BCUT2D eigenvalue weighted by Crippen LogP contribution is -2.41. The molecule has 0 aromatic carbocycles. The molecule has 1 fully saturated rings. The Bertz CT molecular complexity index is 356. The molecular weight excluding hydrogens is 238 g/mol. The summed E-state index contributed by atoms with van der Waals surface area (Å²) >= 11 is 1.51. The molecule has 0 radical (unpaired) electrons. The van der Waals surface area contributed by atoms with Gasteiger partial charge >= 0.3 is 0 Å². The van der Waals surface area contributed by atoms with Crippen LogP contribution >= 0.6 is 11.8 Å². The van der Waals surface area contributed by atoms with Gasteiger partial charge in [-0.3, -0.25) is 4.79 Å². The standard InChI is InChI=1S/C11H17N3O2S/c15-10(14-6-7-17-11(16)8-14)2-1-4-13-5-3-12-9-13/h3,5,9,11,16H,1-2,4,6-8H2. The fourth-order valence-corrected chi connectivity index (χ4v) is 2.73. The van der Waals surface area contributed by atoms with Gasteiger partial charge in [-0.1, -0.05) is 0 Å². The zero-order chi connectivity index (χ0) is 12.1. The highest BCUT2D eigenvalue weighted by molar-refractivity contribution is 7.99. The number of hydrogen-bond donors (Lipinski definition) is 1. The van der Waals surface area contributed by atoms with Crippen molar-refractivity contribution >= 4 is 17.7 Å². The predicted octanol–water partition coefficient (Wildman–Crippen LogP) is 0.557. The van der Waals surface area contributed by atoms with Gasteiger partial charge in [0.1, 0.15) is 5.44 Å². The molecule has 0 spiro atoms. The quantitative estimate of drug-likeness (QED) is 0.854. The molecule has 1 saturated heterocycles. The van der Waals surface area contributed by atoms with Gasteiger partial charge in [0.2, 0.25) is 5.91 Å². The smallest absolute Gasteiger partial charge is 0.222 e. The van der Waals surface area contributed by atoms with E-state index in [9.17, 15) is 9.90 Å². The molecule has 2 rings (SSSR count). The number of aryl methyl sites for hydroxylation is 1. The van der Waals surface area contributed by atoms with Gasteiger partial charge < -0.3 is 14.6 Å². The lowest BCUT2D eigenvalue weighted by atomic mass is 10.2. The van der Waals surface area contributed by atoms with Gasteiger partial charge in [-0.25, -0.2) is 4.98 Å². The number of carbonyl (C=O) groups is 1. The molecule has 6 heteroatoms. The van der Waals surface area contributed by atoms with Crippen molar-refractivity contribution in [2.24, 2.45) is 0 Å². The van der Waals surface area contributed by atoms with Crippen LogP contribution in [0.3, 0.4) is 0 Å². The molecule has 1 aromatic heterocycles. The summed E-state index contributed by atoms with van der Waals surface area (Å²) in [6.07, 6.45) is 6.74. The fourth-order valence-electron chi connectivity index (χ4n) is 1.85. The Kier molecular flexibility index (Phi) is 4.44. The molecule has 1 unspecified atom stereocenters. The van der Waals surface area contributed by atoms with E-state index in [2.05, 4.69) is 4.98 Å². The van der Waals surface area contributed by atoms with Gasteiger partial charge in [-0.2, -0.15) is 0 Å². The van der Waals surface area contributed by atoms with Crippen molar-refractivity contribution < 1.29 is 9.90 Å². The van der Waals surface area contributed by atoms with E-state index in [1.165, 1.54) is 11.8 Å². The maximum Gasteiger partial charge on any atom is 0.222 e. The zero-order valence-corrected chi connectivity index (χ0v) is 10.5. The third-order valence-electron chi connectivity index (χ3n) is 2.77. The molecule has 1 aliphatic rings. The molecule has 1 atom stereocenters. The Morgan fingerprint density at radius 3 is 3.18 bits per heavy atom. The van der Waals surface area contributed by atoms with Gasteiger partial charge in [0.05, 0.1) is 12.9 Å². The van der Waals surface area contributed by atoms with E-state index in [1.54, 1.807) is 17.4 Å². The van der Waals surface area contributed by atoms with E-state index in [1.807, 2.05) is 10.8 Å². The predicted molar refractivity (Wildman–Crippen MR) is 66.5 cm³/mol. The van der Waals surface area contributed by atoms with Crippen LogP contribution in [-0.4, -0.2) is 49.7 Å². The summed E-state index contributed by atoms with van der Waals surface area (Å²) in [6, 6.07) is 0. The van der Waals surface area contributed by atoms with Crippen molar-refractivity contribution in [2.75, 3.05) is 18.8 Å². The third kappa shape index (κ3) is 3.74. The Hall–Kier alpha value is -1.01. The SMILES string of the molecule is O=C(CCCn1ccnc1)N1CCSC(O)C1. The van der Waals surface area contributed by atoms with Crippen molar-refractivity contribution in [2.45, 2.75) is 24.8 Å². The number of aromatic nitrogens is 2. The summed E-state index contributed by atoms with van der Waals surface area (Å²) in [6.45, 7) is 2.04. The molecule has 94 valence electrons. The van der Waals surface area contributed by atoms with Crippen molar-refractivity contribution in [3.05, 3.63) is 18.7 Å².